The molecule has 2 aliphatic rings. The van der Waals surface area contributed by atoms with Crippen molar-refractivity contribution in [3.8, 4) is 6.07 Å². The second-order valence-electron chi connectivity index (χ2n) is 3.83. The summed E-state index contributed by atoms with van der Waals surface area (Å²) in [7, 11) is 0. The van der Waals surface area contributed by atoms with Gasteiger partial charge in [-0.15, -0.1) is 0 Å². The minimum atomic E-state index is 0.142. The molecule has 3 nitrogen and oxygen atoms in total. The molecule has 3 rings (SSSR count). The Morgan fingerprint density at radius 3 is 2.93 bits per heavy atom. The van der Waals surface area contributed by atoms with Crippen LogP contribution >= 0.6 is 0 Å². The summed E-state index contributed by atoms with van der Waals surface area (Å²) in [5.41, 5.74) is 9.38. The highest BCUT2D eigenvalue weighted by atomic mass is 16.5. The van der Waals surface area contributed by atoms with Gasteiger partial charge in [0.25, 0.3) is 0 Å². The van der Waals surface area contributed by atoms with Crippen LogP contribution in [0.15, 0.2) is 12.1 Å². The smallest absolute Gasteiger partial charge is 0.101 e. The third-order valence-electron chi connectivity index (χ3n) is 3.13. The van der Waals surface area contributed by atoms with Gasteiger partial charge in [0, 0.05) is 5.56 Å². The first-order valence-electron chi connectivity index (χ1n) is 4.79. The van der Waals surface area contributed by atoms with E-state index < -0.39 is 0 Å². The third kappa shape index (κ3) is 0.790. The first kappa shape index (κ1) is 7.84. The average Bonchev–Trinajstić information content (AvgIpc) is 2.78. The summed E-state index contributed by atoms with van der Waals surface area (Å²) in [5.74, 6) is 0. The lowest BCUT2D eigenvalue weighted by Crippen LogP contribution is -2.04. The number of nitriles is 1. The van der Waals surface area contributed by atoms with Crippen LogP contribution in [0.25, 0.3) is 0 Å². The maximum Gasteiger partial charge on any atom is 0.101 e. The van der Waals surface area contributed by atoms with E-state index in [1.165, 1.54) is 5.56 Å². The van der Waals surface area contributed by atoms with Crippen molar-refractivity contribution >= 4 is 5.69 Å². The van der Waals surface area contributed by atoms with Crippen LogP contribution < -0.4 is 5.73 Å². The molecule has 14 heavy (non-hydrogen) atoms. The van der Waals surface area contributed by atoms with Gasteiger partial charge < -0.3 is 10.5 Å². The van der Waals surface area contributed by atoms with Crippen LogP contribution in [0.1, 0.15) is 41.7 Å². The Labute approximate surface area is 82.1 Å². The number of benzene rings is 1. The second-order valence-corrected chi connectivity index (χ2v) is 3.83. The van der Waals surface area contributed by atoms with Gasteiger partial charge in [-0.3, -0.25) is 0 Å². The maximum atomic E-state index is 8.85. The highest BCUT2D eigenvalue weighted by molar-refractivity contribution is 5.64. The molecule has 70 valence electrons. The Kier molecular flexibility index (Phi) is 1.39. The summed E-state index contributed by atoms with van der Waals surface area (Å²) in [6.45, 7) is 0. The molecule has 0 amide bonds. The zero-order chi connectivity index (χ0) is 9.71. The summed E-state index contributed by atoms with van der Waals surface area (Å²) < 4.78 is 5.73. The van der Waals surface area contributed by atoms with Crippen LogP contribution in [0, 0.1) is 11.3 Å². The third-order valence-corrected chi connectivity index (χ3v) is 3.13. The van der Waals surface area contributed by atoms with Crippen molar-refractivity contribution in [1.82, 2.24) is 0 Å². The van der Waals surface area contributed by atoms with E-state index in [0.717, 1.165) is 18.4 Å². The van der Waals surface area contributed by atoms with Gasteiger partial charge in [0.1, 0.15) is 6.07 Å². The number of nitrogens with two attached hydrogens (primary N) is 1. The maximum absolute atomic E-state index is 8.85. The van der Waals surface area contributed by atoms with Gasteiger partial charge in [-0.1, -0.05) is 6.07 Å². The number of ether oxygens (including phenoxy) is 1. The van der Waals surface area contributed by atoms with Gasteiger partial charge in [-0.2, -0.15) is 5.26 Å². The summed E-state index contributed by atoms with van der Waals surface area (Å²) in [6.07, 6.45) is 2.49. The molecule has 1 aromatic carbocycles. The van der Waals surface area contributed by atoms with E-state index in [-0.39, 0.29) is 12.2 Å². The lowest BCUT2D eigenvalue weighted by Gasteiger charge is -2.14. The van der Waals surface area contributed by atoms with E-state index in [1.54, 1.807) is 6.07 Å². The number of fused-ring (bicyclic) bond motifs is 5. The Balaban J connectivity index is 2.26. The highest BCUT2D eigenvalue weighted by Crippen LogP contribution is 2.52. The van der Waals surface area contributed by atoms with Crippen LogP contribution in [0.3, 0.4) is 0 Å². The normalized spacial score (nSPS) is 27.4. The van der Waals surface area contributed by atoms with Crippen LogP contribution in [0.5, 0.6) is 0 Å². The van der Waals surface area contributed by atoms with E-state index in [1.807, 2.05) is 6.07 Å². The molecule has 2 atom stereocenters. The van der Waals surface area contributed by atoms with E-state index in [0.29, 0.717) is 11.3 Å². The average molecular weight is 186 g/mol. The van der Waals surface area contributed by atoms with Gasteiger partial charge in [-0.25, -0.2) is 0 Å². The highest BCUT2D eigenvalue weighted by Gasteiger charge is 2.39. The molecule has 2 unspecified atom stereocenters. The summed E-state index contributed by atoms with van der Waals surface area (Å²) in [6, 6.07) is 5.87. The van der Waals surface area contributed by atoms with Crippen molar-refractivity contribution in [3.63, 3.8) is 0 Å². The molecule has 3 heteroatoms. The Morgan fingerprint density at radius 1 is 1.36 bits per heavy atom. The Morgan fingerprint density at radius 2 is 2.14 bits per heavy atom. The topological polar surface area (TPSA) is 59.0 Å². The number of nitrogens with zero attached hydrogens (tertiary/aromatic N) is 1. The lowest BCUT2D eigenvalue weighted by atomic mass is 9.89. The molecular formula is C11H10N2O. The molecule has 0 aliphatic carbocycles. The fourth-order valence-corrected chi connectivity index (χ4v) is 2.47. The summed E-state index contributed by atoms with van der Waals surface area (Å²) >= 11 is 0. The summed E-state index contributed by atoms with van der Waals surface area (Å²) in [5, 5.41) is 8.85. The molecule has 1 fully saturated rings. The number of nitrogen functional groups attached to an aromatic ring is 1. The van der Waals surface area contributed by atoms with Crippen LogP contribution in [-0.2, 0) is 4.74 Å². The molecule has 0 radical (unpaired) electrons. The van der Waals surface area contributed by atoms with Gasteiger partial charge in [0.05, 0.1) is 23.5 Å². The largest absolute Gasteiger partial charge is 0.397 e. The minimum absolute atomic E-state index is 0.142. The molecule has 1 aromatic rings. The SMILES string of the molecule is N#Cc1ccc2c(c1N)C1CCC2O1. The fraction of sp³-hybridized carbons (Fsp3) is 0.364. The molecule has 0 spiro atoms. The van der Waals surface area contributed by atoms with Crippen LogP contribution in [0.2, 0.25) is 0 Å². The zero-order valence-corrected chi connectivity index (χ0v) is 7.66. The fourth-order valence-electron chi connectivity index (χ4n) is 2.47. The molecule has 1 saturated heterocycles. The lowest BCUT2D eigenvalue weighted by molar-refractivity contribution is 0.0719. The van der Waals surface area contributed by atoms with E-state index in [9.17, 15) is 0 Å². The molecule has 2 heterocycles. The van der Waals surface area contributed by atoms with Crippen LogP contribution in [-0.4, -0.2) is 0 Å². The molecule has 0 aromatic heterocycles. The van der Waals surface area contributed by atoms with Gasteiger partial charge in [-0.05, 0) is 24.5 Å². The standard InChI is InChI=1S/C11H10N2O/c12-5-6-1-2-7-8-3-4-9(14-8)10(7)11(6)13/h1-2,8-9H,3-4,13H2. The van der Waals surface area contributed by atoms with E-state index in [2.05, 4.69) is 6.07 Å². The van der Waals surface area contributed by atoms with Crippen molar-refractivity contribution in [2.75, 3.05) is 5.73 Å². The monoisotopic (exact) mass is 186 g/mol. The van der Waals surface area contributed by atoms with Crippen molar-refractivity contribution in [3.05, 3.63) is 28.8 Å². The molecular weight excluding hydrogens is 176 g/mol. The number of hydrogen-bond acceptors (Lipinski definition) is 3. The molecule has 2 bridgehead atoms. The number of anilines is 1. The number of hydrogen-bond donors (Lipinski definition) is 1. The molecule has 2 aliphatic heterocycles. The van der Waals surface area contributed by atoms with E-state index in [4.69, 9.17) is 15.7 Å². The quantitative estimate of drug-likeness (QED) is 0.631. The van der Waals surface area contributed by atoms with Crippen molar-refractivity contribution in [2.24, 2.45) is 0 Å². The predicted molar refractivity (Wildman–Crippen MR) is 51.4 cm³/mol. The Bertz CT molecular complexity index is 447. The summed E-state index contributed by atoms with van der Waals surface area (Å²) in [4.78, 5) is 0. The number of rotatable bonds is 0. The molecule has 2 N–H and O–H groups in total. The van der Waals surface area contributed by atoms with Gasteiger partial charge >= 0.3 is 0 Å². The Hall–Kier alpha value is -1.53. The van der Waals surface area contributed by atoms with Crippen molar-refractivity contribution in [1.29, 1.82) is 5.26 Å². The molecule has 0 saturated carbocycles. The zero-order valence-electron chi connectivity index (χ0n) is 7.66. The minimum Gasteiger partial charge on any atom is -0.397 e. The van der Waals surface area contributed by atoms with Gasteiger partial charge in [0.15, 0.2) is 0 Å². The first-order valence-corrected chi connectivity index (χ1v) is 4.79. The second kappa shape index (κ2) is 2.49. The van der Waals surface area contributed by atoms with Crippen molar-refractivity contribution < 1.29 is 4.74 Å². The predicted octanol–water partition coefficient (Wildman–Crippen LogP) is 2.05. The van der Waals surface area contributed by atoms with Crippen molar-refractivity contribution in [2.45, 2.75) is 25.0 Å². The first-order chi connectivity index (χ1) is 6.81. The van der Waals surface area contributed by atoms with Gasteiger partial charge in [0.2, 0.25) is 0 Å². The van der Waals surface area contributed by atoms with Crippen LogP contribution in [0.4, 0.5) is 5.69 Å². The van der Waals surface area contributed by atoms with E-state index >= 15 is 0 Å².